The van der Waals surface area contributed by atoms with E-state index in [9.17, 15) is 27.9 Å². The summed E-state index contributed by atoms with van der Waals surface area (Å²) in [5.74, 6) is -0.983. The number of nitrogens with zero attached hydrogens (tertiary/aromatic N) is 3. The average Bonchev–Trinajstić information content (AvgIpc) is 3.21. The summed E-state index contributed by atoms with van der Waals surface area (Å²) in [6, 6.07) is 6.47. The molecule has 3 aliphatic heterocycles. The fraction of sp³-hybridized carbons (Fsp3) is 0.692. The minimum absolute atomic E-state index is 0.0666. The SMILES string of the molecule is Cc1ccc(CN2CCC3(CCN(C(=O)OC(C)C(F)(F)F)CC3)C2)c(N2CCC(C(=O)O)CC2)c1. The van der Waals surface area contributed by atoms with Crippen LogP contribution in [0.25, 0.3) is 0 Å². The fourth-order valence-electron chi connectivity index (χ4n) is 5.74. The highest BCUT2D eigenvalue weighted by Gasteiger charge is 2.44. The van der Waals surface area contributed by atoms with Crippen molar-refractivity contribution >= 4 is 17.7 Å². The zero-order valence-corrected chi connectivity index (χ0v) is 21.0. The number of anilines is 1. The standard InChI is InChI=1S/C26H36F3N3O4/c1-18-3-4-21(22(15-18)31-10-5-20(6-11-31)23(33)34)16-30-12-7-25(17-30)8-13-32(14-9-25)24(35)36-19(2)26(27,28)29/h3-4,15,19-20H,5-14,16-17H2,1-2H3,(H,33,34). The Morgan fingerprint density at radius 3 is 2.36 bits per heavy atom. The quantitative estimate of drug-likeness (QED) is 0.620. The van der Waals surface area contributed by atoms with Crippen LogP contribution in [0.1, 0.15) is 50.2 Å². The third kappa shape index (κ3) is 6.07. The molecule has 3 fully saturated rings. The number of likely N-dealkylation sites (tertiary alicyclic amines) is 2. The van der Waals surface area contributed by atoms with Gasteiger partial charge >= 0.3 is 18.2 Å². The summed E-state index contributed by atoms with van der Waals surface area (Å²) in [5, 5.41) is 9.32. The normalized spacial score (nSPS) is 22.1. The van der Waals surface area contributed by atoms with Crippen molar-refractivity contribution in [1.29, 1.82) is 0 Å². The lowest BCUT2D eigenvalue weighted by atomic mass is 9.78. The van der Waals surface area contributed by atoms with Gasteiger partial charge in [-0.25, -0.2) is 4.79 Å². The first-order chi connectivity index (χ1) is 17.0. The summed E-state index contributed by atoms with van der Waals surface area (Å²) in [6.45, 7) is 7.82. The van der Waals surface area contributed by atoms with Crippen LogP contribution in [0, 0.1) is 18.3 Å². The van der Waals surface area contributed by atoms with Gasteiger partial charge in [0.15, 0.2) is 6.10 Å². The van der Waals surface area contributed by atoms with Gasteiger partial charge in [0.05, 0.1) is 5.92 Å². The first kappa shape index (κ1) is 26.6. The Labute approximate surface area is 210 Å². The van der Waals surface area contributed by atoms with Gasteiger partial charge in [-0.05, 0) is 75.1 Å². The molecule has 1 aromatic rings. The van der Waals surface area contributed by atoms with E-state index in [1.165, 1.54) is 21.7 Å². The number of benzene rings is 1. The van der Waals surface area contributed by atoms with E-state index in [4.69, 9.17) is 0 Å². The molecule has 3 heterocycles. The molecule has 10 heteroatoms. The molecule has 3 saturated heterocycles. The molecule has 1 N–H and O–H groups in total. The Morgan fingerprint density at radius 1 is 1.11 bits per heavy atom. The number of carboxylic acids is 1. The molecule has 1 atom stereocenters. The van der Waals surface area contributed by atoms with Gasteiger partial charge in [0.25, 0.3) is 0 Å². The zero-order valence-electron chi connectivity index (χ0n) is 21.0. The van der Waals surface area contributed by atoms with Crippen molar-refractivity contribution in [3.8, 4) is 0 Å². The summed E-state index contributed by atoms with van der Waals surface area (Å²) >= 11 is 0. The van der Waals surface area contributed by atoms with E-state index in [0.29, 0.717) is 25.9 Å². The first-order valence-corrected chi connectivity index (χ1v) is 12.8. The molecule has 1 unspecified atom stereocenters. The van der Waals surface area contributed by atoms with Crippen LogP contribution in [0.4, 0.5) is 23.7 Å². The number of carbonyl (C=O) groups excluding carboxylic acids is 1. The van der Waals surface area contributed by atoms with Gasteiger partial charge in [-0.1, -0.05) is 12.1 Å². The van der Waals surface area contributed by atoms with Crippen LogP contribution in [0.3, 0.4) is 0 Å². The van der Waals surface area contributed by atoms with Crippen molar-refractivity contribution in [2.24, 2.45) is 11.3 Å². The van der Waals surface area contributed by atoms with Gasteiger partial charge in [0.1, 0.15) is 0 Å². The minimum Gasteiger partial charge on any atom is -0.481 e. The third-order valence-electron chi connectivity index (χ3n) is 8.16. The van der Waals surface area contributed by atoms with Crippen molar-refractivity contribution in [2.45, 2.75) is 64.8 Å². The largest absolute Gasteiger partial charge is 0.481 e. The summed E-state index contributed by atoms with van der Waals surface area (Å²) < 4.78 is 42.8. The van der Waals surface area contributed by atoms with E-state index in [-0.39, 0.29) is 11.3 Å². The molecule has 7 nitrogen and oxygen atoms in total. The second kappa shape index (κ2) is 10.5. The second-order valence-corrected chi connectivity index (χ2v) is 10.7. The number of carbonyl (C=O) groups is 2. The molecule has 0 radical (unpaired) electrons. The number of amides is 1. The number of carboxylic acid groups (broad SMARTS) is 1. The van der Waals surface area contributed by atoms with E-state index in [2.05, 4.69) is 39.7 Å². The monoisotopic (exact) mass is 511 g/mol. The highest BCUT2D eigenvalue weighted by atomic mass is 19.4. The number of alkyl halides is 3. The maximum atomic E-state index is 12.7. The molecule has 0 aromatic heterocycles. The number of halogens is 3. The Kier molecular flexibility index (Phi) is 7.73. The molecule has 1 spiro atoms. The molecule has 0 aliphatic carbocycles. The third-order valence-corrected chi connectivity index (χ3v) is 8.16. The van der Waals surface area contributed by atoms with Crippen LogP contribution in [-0.2, 0) is 16.1 Å². The van der Waals surface area contributed by atoms with Crippen molar-refractivity contribution in [1.82, 2.24) is 9.80 Å². The van der Waals surface area contributed by atoms with Gasteiger partial charge < -0.3 is 19.6 Å². The highest BCUT2D eigenvalue weighted by Crippen LogP contribution is 2.41. The fourth-order valence-corrected chi connectivity index (χ4v) is 5.74. The number of aliphatic carboxylic acids is 1. The van der Waals surface area contributed by atoms with Crippen molar-refractivity contribution in [3.05, 3.63) is 29.3 Å². The van der Waals surface area contributed by atoms with Crippen molar-refractivity contribution < 1.29 is 32.6 Å². The van der Waals surface area contributed by atoms with E-state index in [0.717, 1.165) is 58.9 Å². The molecule has 0 saturated carbocycles. The Hall–Kier alpha value is -2.49. The zero-order chi connectivity index (χ0) is 26.1. The van der Waals surface area contributed by atoms with Gasteiger partial charge in [-0.2, -0.15) is 13.2 Å². The lowest BCUT2D eigenvalue weighted by Crippen LogP contribution is -2.46. The predicted molar refractivity (Wildman–Crippen MR) is 129 cm³/mol. The molecule has 200 valence electrons. The summed E-state index contributed by atoms with van der Waals surface area (Å²) in [7, 11) is 0. The number of hydrogen-bond donors (Lipinski definition) is 1. The summed E-state index contributed by atoms with van der Waals surface area (Å²) in [4.78, 5) is 29.7. The Balaban J connectivity index is 1.33. The predicted octanol–water partition coefficient (Wildman–Crippen LogP) is 4.67. The molecule has 1 aromatic carbocycles. The summed E-state index contributed by atoms with van der Waals surface area (Å²) in [6.07, 6.45) is -3.75. The molecule has 0 bridgehead atoms. The maximum Gasteiger partial charge on any atom is 0.425 e. The molecule has 3 aliphatic rings. The lowest BCUT2D eigenvalue weighted by Gasteiger charge is -2.39. The molecule has 36 heavy (non-hydrogen) atoms. The second-order valence-electron chi connectivity index (χ2n) is 10.7. The van der Waals surface area contributed by atoms with Crippen LogP contribution in [0.15, 0.2) is 18.2 Å². The highest BCUT2D eigenvalue weighted by molar-refractivity contribution is 5.70. The average molecular weight is 512 g/mol. The maximum absolute atomic E-state index is 12.7. The smallest absolute Gasteiger partial charge is 0.425 e. The van der Waals surface area contributed by atoms with Crippen molar-refractivity contribution in [2.75, 3.05) is 44.2 Å². The van der Waals surface area contributed by atoms with Gasteiger partial charge in [0.2, 0.25) is 0 Å². The summed E-state index contributed by atoms with van der Waals surface area (Å²) in [5.41, 5.74) is 3.65. The number of hydrogen-bond acceptors (Lipinski definition) is 5. The van der Waals surface area contributed by atoms with Crippen LogP contribution >= 0.6 is 0 Å². The topological polar surface area (TPSA) is 73.3 Å². The van der Waals surface area contributed by atoms with E-state index in [1.54, 1.807) is 0 Å². The Bertz CT molecular complexity index is 954. The van der Waals surface area contributed by atoms with Crippen LogP contribution < -0.4 is 4.90 Å². The number of piperidine rings is 2. The van der Waals surface area contributed by atoms with Gasteiger partial charge in [-0.3, -0.25) is 9.69 Å². The van der Waals surface area contributed by atoms with Crippen molar-refractivity contribution in [3.63, 3.8) is 0 Å². The van der Waals surface area contributed by atoms with Crippen LogP contribution in [0.2, 0.25) is 0 Å². The molecular formula is C26H36F3N3O4. The Morgan fingerprint density at radius 2 is 1.75 bits per heavy atom. The lowest BCUT2D eigenvalue weighted by molar-refractivity contribution is -0.200. The van der Waals surface area contributed by atoms with Crippen LogP contribution in [-0.4, -0.2) is 78.5 Å². The molecular weight excluding hydrogens is 475 g/mol. The van der Waals surface area contributed by atoms with Gasteiger partial charge in [0, 0.05) is 45.0 Å². The van der Waals surface area contributed by atoms with Crippen LogP contribution in [0.5, 0.6) is 0 Å². The molecule has 4 rings (SSSR count). The number of ether oxygens (including phenoxy) is 1. The minimum atomic E-state index is -4.56. The van der Waals surface area contributed by atoms with E-state index >= 15 is 0 Å². The molecule has 1 amide bonds. The van der Waals surface area contributed by atoms with Gasteiger partial charge in [-0.15, -0.1) is 0 Å². The van der Waals surface area contributed by atoms with E-state index < -0.39 is 24.3 Å². The van der Waals surface area contributed by atoms with E-state index in [1.807, 2.05) is 0 Å². The first-order valence-electron chi connectivity index (χ1n) is 12.8. The number of rotatable bonds is 5. The number of aryl methyl sites for hydroxylation is 1.